The molecule has 1 aromatic rings. The summed E-state index contributed by atoms with van der Waals surface area (Å²) in [6.07, 6.45) is 2.21. The Labute approximate surface area is 114 Å². The highest BCUT2D eigenvalue weighted by molar-refractivity contribution is 5.70. The quantitative estimate of drug-likeness (QED) is 0.732. The van der Waals surface area contributed by atoms with E-state index in [1.807, 2.05) is 12.1 Å². The molecular weight excluding hydrogens is 242 g/mol. The van der Waals surface area contributed by atoms with Gasteiger partial charge in [0.15, 0.2) is 0 Å². The molecule has 0 aromatic heterocycles. The van der Waals surface area contributed by atoms with Crippen molar-refractivity contribution >= 4 is 5.97 Å². The number of hydrogen-bond donors (Lipinski definition) is 1. The van der Waals surface area contributed by atoms with Crippen molar-refractivity contribution in [3.63, 3.8) is 0 Å². The van der Waals surface area contributed by atoms with Gasteiger partial charge in [-0.1, -0.05) is 37.6 Å². The topological polar surface area (TPSA) is 61.5 Å². The zero-order chi connectivity index (χ0) is 14.1. The Morgan fingerprint density at radius 3 is 2.53 bits per heavy atom. The Balaban J connectivity index is 2.36. The first kappa shape index (κ1) is 15.7. The van der Waals surface area contributed by atoms with Gasteiger partial charge in [0.05, 0.1) is 19.3 Å². The van der Waals surface area contributed by atoms with E-state index in [0.29, 0.717) is 13.2 Å². The summed E-state index contributed by atoms with van der Waals surface area (Å²) in [5.74, 6) is -0.354. The van der Waals surface area contributed by atoms with Crippen LogP contribution in [0.15, 0.2) is 24.3 Å². The van der Waals surface area contributed by atoms with Crippen LogP contribution >= 0.6 is 0 Å². The third-order valence-corrected chi connectivity index (χ3v) is 2.77. The average Bonchev–Trinajstić information content (AvgIpc) is 2.40. The summed E-state index contributed by atoms with van der Waals surface area (Å²) < 4.78 is 10.0. The summed E-state index contributed by atoms with van der Waals surface area (Å²) in [4.78, 5) is 11.1. The second-order valence-electron chi connectivity index (χ2n) is 4.42. The van der Waals surface area contributed by atoms with Crippen LogP contribution in [0.5, 0.6) is 0 Å². The van der Waals surface area contributed by atoms with E-state index in [9.17, 15) is 4.79 Å². The van der Waals surface area contributed by atoms with Gasteiger partial charge in [-0.3, -0.25) is 0 Å². The van der Waals surface area contributed by atoms with E-state index in [1.165, 1.54) is 5.56 Å². The summed E-state index contributed by atoms with van der Waals surface area (Å²) in [6, 6.07) is 7.99. The van der Waals surface area contributed by atoms with Gasteiger partial charge in [-0.25, -0.2) is 4.79 Å². The second kappa shape index (κ2) is 8.67. The zero-order valence-electron chi connectivity index (χ0n) is 11.7. The molecule has 0 spiro atoms. The molecule has 0 aliphatic heterocycles. The van der Waals surface area contributed by atoms with Gasteiger partial charge in [-0.05, 0) is 24.5 Å². The lowest BCUT2D eigenvalue weighted by atomic mass is 10.0. The maximum Gasteiger partial charge on any atom is 0.332 e. The maximum absolute atomic E-state index is 11.1. The van der Waals surface area contributed by atoms with Gasteiger partial charge in [0.1, 0.15) is 6.61 Å². The summed E-state index contributed by atoms with van der Waals surface area (Å²) in [7, 11) is 0. The summed E-state index contributed by atoms with van der Waals surface area (Å²) in [5, 5.41) is 0. The van der Waals surface area contributed by atoms with E-state index in [0.717, 1.165) is 18.4 Å². The minimum absolute atomic E-state index is 0.0462. The van der Waals surface area contributed by atoms with Crippen molar-refractivity contribution in [1.82, 2.24) is 0 Å². The fourth-order valence-corrected chi connectivity index (χ4v) is 1.79. The number of rotatable bonds is 8. The molecule has 0 saturated carbocycles. The second-order valence-corrected chi connectivity index (χ2v) is 4.42. The van der Waals surface area contributed by atoms with Crippen LogP contribution in [-0.4, -0.2) is 25.8 Å². The van der Waals surface area contributed by atoms with Gasteiger partial charge < -0.3 is 15.2 Å². The van der Waals surface area contributed by atoms with Crippen LogP contribution in [0.3, 0.4) is 0 Å². The molecule has 1 unspecified atom stereocenters. The third-order valence-electron chi connectivity index (χ3n) is 2.77. The number of aryl methyl sites for hydroxylation is 1. The monoisotopic (exact) mass is 265 g/mol. The van der Waals surface area contributed by atoms with Gasteiger partial charge in [-0.2, -0.15) is 0 Å². The van der Waals surface area contributed by atoms with Crippen LogP contribution in [0.4, 0.5) is 0 Å². The van der Waals surface area contributed by atoms with E-state index in [2.05, 4.69) is 19.1 Å². The number of carbonyl (C=O) groups excluding carboxylic acids is 1. The molecule has 0 amide bonds. The van der Waals surface area contributed by atoms with Gasteiger partial charge in [-0.15, -0.1) is 0 Å². The molecule has 0 fully saturated rings. The lowest BCUT2D eigenvalue weighted by molar-refractivity contribution is -0.148. The number of carbonyl (C=O) groups is 1. The lowest BCUT2D eigenvalue weighted by Gasteiger charge is -2.13. The SMILES string of the molecule is CCCc1ccc(C(N)COCC(=O)OCC)cc1. The Morgan fingerprint density at radius 1 is 1.26 bits per heavy atom. The van der Waals surface area contributed by atoms with E-state index in [4.69, 9.17) is 15.2 Å². The lowest BCUT2D eigenvalue weighted by Crippen LogP contribution is -2.20. The minimum atomic E-state index is -0.354. The summed E-state index contributed by atoms with van der Waals surface area (Å²) in [5.41, 5.74) is 8.33. The Bertz CT molecular complexity index is 375. The number of ether oxygens (including phenoxy) is 2. The van der Waals surface area contributed by atoms with Crippen molar-refractivity contribution < 1.29 is 14.3 Å². The summed E-state index contributed by atoms with van der Waals surface area (Å²) >= 11 is 0. The molecule has 4 heteroatoms. The predicted molar refractivity (Wildman–Crippen MR) is 74.8 cm³/mol. The predicted octanol–water partition coefficient (Wildman–Crippen LogP) is 2.22. The van der Waals surface area contributed by atoms with Crippen molar-refractivity contribution in [1.29, 1.82) is 0 Å². The van der Waals surface area contributed by atoms with E-state index in [-0.39, 0.29) is 18.6 Å². The Kier molecular flexibility index (Phi) is 7.15. The molecule has 1 rings (SSSR count). The van der Waals surface area contributed by atoms with Crippen LogP contribution in [0.25, 0.3) is 0 Å². The molecule has 0 radical (unpaired) electrons. The maximum atomic E-state index is 11.1. The number of nitrogens with two attached hydrogens (primary N) is 1. The zero-order valence-corrected chi connectivity index (χ0v) is 11.7. The van der Waals surface area contributed by atoms with Crippen molar-refractivity contribution in [3.8, 4) is 0 Å². The number of hydrogen-bond acceptors (Lipinski definition) is 4. The van der Waals surface area contributed by atoms with E-state index >= 15 is 0 Å². The fraction of sp³-hybridized carbons (Fsp3) is 0.533. The largest absolute Gasteiger partial charge is 0.464 e. The number of esters is 1. The molecule has 1 atom stereocenters. The fourth-order valence-electron chi connectivity index (χ4n) is 1.79. The van der Waals surface area contributed by atoms with Crippen LogP contribution in [-0.2, 0) is 20.7 Å². The molecule has 0 bridgehead atoms. The molecule has 19 heavy (non-hydrogen) atoms. The van der Waals surface area contributed by atoms with Crippen LogP contribution in [0, 0.1) is 0 Å². The van der Waals surface area contributed by atoms with Gasteiger partial charge in [0, 0.05) is 0 Å². The van der Waals surface area contributed by atoms with Crippen molar-refractivity contribution in [2.45, 2.75) is 32.7 Å². The van der Waals surface area contributed by atoms with Crippen LogP contribution in [0.2, 0.25) is 0 Å². The molecule has 0 saturated heterocycles. The first-order valence-electron chi connectivity index (χ1n) is 6.75. The van der Waals surface area contributed by atoms with E-state index in [1.54, 1.807) is 6.92 Å². The van der Waals surface area contributed by atoms with Crippen molar-refractivity contribution in [2.24, 2.45) is 5.73 Å². The summed E-state index contributed by atoms with van der Waals surface area (Å²) in [6.45, 7) is 4.55. The molecule has 0 heterocycles. The average molecular weight is 265 g/mol. The molecule has 4 nitrogen and oxygen atoms in total. The first-order chi connectivity index (χ1) is 9.17. The Hall–Kier alpha value is -1.39. The molecule has 0 aliphatic rings. The highest BCUT2D eigenvalue weighted by atomic mass is 16.6. The molecule has 106 valence electrons. The highest BCUT2D eigenvalue weighted by Crippen LogP contribution is 2.13. The molecule has 0 aliphatic carbocycles. The van der Waals surface area contributed by atoms with Crippen molar-refractivity contribution in [3.05, 3.63) is 35.4 Å². The normalized spacial score (nSPS) is 12.2. The smallest absolute Gasteiger partial charge is 0.332 e. The van der Waals surface area contributed by atoms with Gasteiger partial charge in [0.25, 0.3) is 0 Å². The molecule has 2 N–H and O–H groups in total. The third kappa shape index (κ3) is 5.85. The van der Waals surface area contributed by atoms with Crippen LogP contribution in [0.1, 0.15) is 37.4 Å². The highest BCUT2D eigenvalue weighted by Gasteiger charge is 2.08. The molecular formula is C15H23NO3. The number of benzene rings is 1. The standard InChI is InChI=1S/C15H23NO3/c1-3-5-12-6-8-13(9-7-12)14(16)10-18-11-15(17)19-4-2/h6-9,14H,3-5,10-11,16H2,1-2H3. The first-order valence-corrected chi connectivity index (χ1v) is 6.75. The minimum Gasteiger partial charge on any atom is -0.464 e. The van der Waals surface area contributed by atoms with Gasteiger partial charge in [0.2, 0.25) is 0 Å². The Morgan fingerprint density at radius 2 is 1.95 bits per heavy atom. The molecule has 1 aromatic carbocycles. The van der Waals surface area contributed by atoms with E-state index < -0.39 is 0 Å². The van der Waals surface area contributed by atoms with Crippen molar-refractivity contribution in [2.75, 3.05) is 19.8 Å². The van der Waals surface area contributed by atoms with Crippen LogP contribution < -0.4 is 5.73 Å². The van der Waals surface area contributed by atoms with Gasteiger partial charge >= 0.3 is 5.97 Å².